The number of esters is 1. The minimum absolute atomic E-state index is 0.209. The SMILES string of the molecule is COC(=O)c1cc(Cl)cc(C2CCC2CC2CCC(NC(=O)OC(C)(C)C)CC2)c1C. The predicted octanol–water partition coefficient (Wildman–Crippen LogP) is 6.40. The lowest BCUT2D eigenvalue weighted by Gasteiger charge is -2.41. The van der Waals surface area contributed by atoms with Gasteiger partial charge in [-0.3, -0.25) is 0 Å². The topological polar surface area (TPSA) is 64.6 Å². The largest absolute Gasteiger partial charge is 0.465 e. The van der Waals surface area contributed by atoms with Gasteiger partial charge in [0.15, 0.2) is 0 Å². The van der Waals surface area contributed by atoms with E-state index in [0.29, 0.717) is 28.3 Å². The van der Waals surface area contributed by atoms with Crippen molar-refractivity contribution < 1.29 is 19.1 Å². The van der Waals surface area contributed by atoms with E-state index >= 15 is 0 Å². The van der Waals surface area contributed by atoms with Crippen LogP contribution in [0.4, 0.5) is 4.79 Å². The van der Waals surface area contributed by atoms with Gasteiger partial charge in [0.2, 0.25) is 0 Å². The molecule has 0 aromatic heterocycles. The molecule has 0 heterocycles. The van der Waals surface area contributed by atoms with Crippen molar-refractivity contribution in [3.63, 3.8) is 0 Å². The minimum Gasteiger partial charge on any atom is -0.465 e. The first-order valence-corrected chi connectivity index (χ1v) is 11.8. The molecule has 1 amide bonds. The average Bonchev–Trinajstić information content (AvgIpc) is 2.66. The van der Waals surface area contributed by atoms with Crippen LogP contribution in [0.2, 0.25) is 5.02 Å². The Morgan fingerprint density at radius 2 is 1.77 bits per heavy atom. The summed E-state index contributed by atoms with van der Waals surface area (Å²) in [5.74, 6) is 1.44. The first kappa shape index (κ1) is 23.9. The van der Waals surface area contributed by atoms with E-state index in [-0.39, 0.29) is 18.1 Å². The van der Waals surface area contributed by atoms with Crippen molar-refractivity contribution in [1.29, 1.82) is 0 Å². The first-order valence-electron chi connectivity index (χ1n) is 11.4. The maximum Gasteiger partial charge on any atom is 0.407 e. The molecule has 2 aliphatic carbocycles. The van der Waals surface area contributed by atoms with E-state index < -0.39 is 5.60 Å². The van der Waals surface area contributed by atoms with Crippen molar-refractivity contribution in [2.75, 3.05) is 7.11 Å². The monoisotopic (exact) mass is 449 g/mol. The Balaban J connectivity index is 1.55. The fourth-order valence-electron chi connectivity index (χ4n) is 5.11. The maximum atomic E-state index is 12.1. The molecule has 5 nitrogen and oxygen atoms in total. The number of halogens is 1. The van der Waals surface area contributed by atoms with Gasteiger partial charge in [-0.05, 0) is 114 Å². The number of carbonyl (C=O) groups excluding carboxylic acids is 2. The van der Waals surface area contributed by atoms with Gasteiger partial charge in [0, 0.05) is 11.1 Å². The van der Waals surface area contributed by atoms with E-state index in [1.165, 1.54) is 25.5 Å². The van der Waals surface area contributed by atoms with Crippen LogP contribution in [-0.4, -0.2) is 30.8 Å². The van der Waals surface area contributed by atoms with E-state index in [4.69, 9.17) is 21.1 Å². The van der Waals surface area contributed by atoms with Crippen molar-refractivity contribution in [2.24, 2.45) is 11.8 Å². The molecular formula is C25H36ClNO4. The molecule has 31 heavy (non-hydrogen) atoms. The standard InChI is InChI=1S/C25H36ClNO4/c1-15-21(13-18(26)14-22(15)23(28)30-5)20-11-8-17(20)12-16-6-9-19(10-7-16)27-24(29)31-25(2,3)4/h13-14,16-17,19-20H,6-12H2,1-5H3,(H,27,29). The number of carbonyl (C=O) groups is 2. The lowest BCUT2D eigenvalue weighted by molar-refractivity contribution is 0.0482. The Morgan fingerprint density at radius 3 is 2.32 bits per heavy atom. The van der Waals surface area contributed by atoms with E-state index in [2.05, 4.69) is 5.32 Å². The van der Waals surface area contributed by atoms with Crippen molar-refractivity contribution in [3.8, 4) is 0 Å². The van der Waals surface area contributed by atoms with E-state index in [0.717, 1.165) is 37.7 Å². The van der Waals surface area contributed by atoms with Crippen LogP contribution < -0.4 is 5.32 Å². The molecule has 2 fully saturated rings. The number of rotatable bonds is 5. The van der Waals surface area contributed by atoms with Gasteiger partial charge in [-0.2, -0.15) is 0 Å². The predicted molar refractivity (Wildman–Crippen MR) is 123 cm³/mol. The molecule has 172 valence electrons. The number of hydrogen-bond acceptors (Lipinski definition) is 4. The zero-order chi connectivity index (χ0) is 22.8. The summed E-state index contributed by atoms with van der Waals surface area (Å²) in [7, 11) is 1.41. The van der Waals surface area contributed by atoms with Gasteiger partial charge in [-0.25, -0.2) is 9.59 Å². The number of benzene rings is 1. The Bertz CT molecular complexity index is 808. The molecule has 6 heteroatoms. The molecule has 3 rings (SSSR count). The second-order valence-electron chi connectivity index (χ2n) is 10.2. The third-order valence-electron chi connectivity index (χ3n) is 6.84. The summed E-state index contributed by atoms with van der Waals surface area (Å²) < 4.78 is 10.3. The second-order valence-corrected chi connectivity index (χ2v) is 10.6. The van der Waals surface area contributed by atoms with Crippen LogP contribution in [0.25, 0.3) is 0 Å². The number of amides is 1. The number of methoxy groups -OCH3 is 1. The molecule has 0 bridgehead atoms. The van der Waals surface area contributed by atoms with Gasteiger partial charge in [0.05, 0.1) is 12.7 Å². The molecule has 1 aromatic rings. The Kier molecular flexibility index (Phi) is 7.56. The van der Waals surface area contributed by atoms with E-state index in [1.54, 1.807) is 6.07 Å². The summed E-state index contributed by atoms with van der Waals surface area (Å²) in [5, 5.41) is 3.63. The van der Waals surface area contributed by atoms with Crippen molar-refractivity contribution in [2.45, 2.75) is 90.2 Å². The highest BCUT2D eigenvalue weighted by Crippen LogP contribution is 2.49. The summed E-state index contributed by atoms with van der Waals surface area (Å²) in [6.07, 6.45) is 7.52. The van der Waals surface area contributed by atoms with Crippen LogP contribution in [0.1, 0.15) is 93.1 Å². The zero-order valence-corrected chi connectivity index (χ0v) is 20.2. The fourth-order valence-corrected chi connectivity index (χ4v) is 5.34. The number of ether oxygens (including phenoxy) is 2. The molecule has 0 saturated heterocycles. The molecule has 1 aromatic carbocycles. The van der Waals surface area contributed by atoms with Crippen molar-refractivity contribution >= 4 is 23.7 Å². The molecule has 0 radical (unpaired) electrons. The van der Waals surface area contributed by atoms with Crippen LogP contribution in [0, 0.1) is 18.8 Å². The summed E-state index contributed by atoms with van der Waals surface area (Å²) in [6, 6.07) is 3.95. The van der Waals surface area contributed by atoms with Crippen LogP contribution in [0.5, 0.6) is 0 Å². The van der Waals surface area contributed by atoms with Crippen molar-refractivity contribution in [3.05, 3.63) is 33.8 Å². The minimum atomic E-state index is -0.466. The summed E-state index contributed by atoms with van der Waals surface area (Å²) in [4.78, 5) is 24.2. The van der Waals surface area contributed by atoms with Gasteiger partial charge in [0.1, 0.15) is 5.60 Å². The lowest BCUT2D eigenvalue weighted by Crippen LogP contribution is -2.41. The molecular weight excluding hydrogens is 414 g/mol. The zero-order valence-electron chi connectivity index (χ0n) is 19.4. The first-order chi connectivity index (χ1) is 14.6. The number of nitrogens with one attached hydrogen (secondary N) is 1. The molecule has 1 N–H and O–H groups in total. The fraction of sp³-hybridized carbons (Fsp3) is 0.680. The third kappa shape index (κ3) is 6.15. The van der Waals surface area contributed by atoms with E-state index in [1.807, 2.05) is 33.8 Å². The molecule has 2 saturated carbocycles. The highest BCUT2D eigenvalue weighted by molar-refractivity contribution is 6.31. The Morgan fingerprint density at radius 1 is 1.10 bits per heavy atom. The van der Waals surface area contributed by atoms with Gasteiger partial charge in [0.25, 0.3) is 0 Å². The highest BCUT2D eigenvalue weighted by atomic mass is 35.5. The van der Waals surface area contributed by atoms with Crippen molar-refractivity contribution in [1.82, 2.24) is 5.32 Å². The van der Waals surface area contributed by atoms with Crippen LogP contribution in [-0.2, 0) is 9.47 Å². The lowest BCUT2D eigenvalue weighted by atomic mass is 9.64. The molecule has 2 aliphatic rings. The van der Waals surface area contributed by atoms with Crippen LogP contribution >= 0.6 is 11.6 Å². The van der Waals surface area contributed by atoms with Gasteiger partial charge in [-0.1, -0.05) is 11.6 Å². The van der Waals surface area contributed by atoms with Crippen LogP contribution in [0.3, 0.4) is 0 Å². The quantitative estimate of drug-likeness (QED) is 0.528. The van der Waals surface area contributed by atoms with Gasteiger partial charge < -0.3 is 14.8 Å². The third-order valence-corrected chi connectivity index (χ3v) is 7.06. The molecule has 2 atom stereocenters. The second kappa shape index (κ2) is 9.81. The summed E-state index contributed by atoms with van der Waals surface area (Å²) in [5.41, 5.74) is 2.30. The molecule has 0 spiro atoms. The average molecular weight is 450 g/mol. The highest BCUT2D eigenvalue weighted by Gasteiger charge is 2.36. The summed E-state index contributed by atoms with van der Waals surface area (Å²) in [6.45, 7) is 7.65. The molecule has 0 aliphatic heterocycles. The number of alkyl carbamates (subject to hydrolysis) is 1. The molecule has 2 unspecified atom stereocenters. The number of hydrogen-bond donors (Lipinski definition) is 1. The Labute approximate surface area is 191 Å². The van der Waals surface area contributed by atoms with Gasteiger partial charge >= 0.3 is 12.1 Å². The Hall–Kier alpha value is -1.75. The maximum absolute atomic E-state index is 12.1. The van der Waals surface area contributed by atoms with E-state index in [9.17, 15) is 9.59 Å². The normalized spacial score (nSPS) is 26.0. The van der Waals surface area contributed by atoms with Gasteiger partial charge in [-0.15, -0.1) is 0 Å². The smallest absolute Gasteiger partial charge is 0.407 e. The summed E-state index contributed by atoms with van der Waals surface area (Å²) >= 11 is 6.33. The van der Waals surface area contributed by atoms with Crippen LogP contribution in [0.15, 0.2) is 12.1 Å².